The van der Waals surface area contributed by atoms with Crippen molar-refractivity contribution in [1.29, 1.82) is 0 Å². The Balaban J connectivity index is 2.15. The molecular formula is C17H16BrNO4. The van der Waals surface area contributed by atoms with E-state index in [0.717, 1.165) is 5.56 Å². The minimum absolute atomic E-state index is 0.0212. The molecule has 1 amide bonds. The summed E-state index contributed by atoms with van der Waals surface area (Å²) in [4.78, 5) is 23.4. The fourth-order valence-electron chi connectivity index (χ4n) is 2.12. The lowest BCUT2D eigenvalue weighted by atomic mass is 10.1. The summed E-state index contributed by atoms with van der Waals surface area (Å²) in [7, 11) is 0. The Morgan fingerprint density at radius 2 is 1.91 bits per heavy atom. The molecule has 0 saturated heterocycles. The molecule has 6 heteroatoms. The zero-order chi connectivity index (χ0) is 16.8. The molecule has 2 rings (SSSR count). The predicted molar refractivity (Wildman–Crippen MR) is 90.7 cm³/mol. The van der Waals surface area contributed by atoms with Crippen LogP contribution < -0.4 is 5.32 Å². The molecule has 0 saturated carbocycles. The van der Waals surface area contributed by atoms with Crippen LogP contribution >= 0.6 is 15.9 Å². The van der Waals surface area contributed by atoms with Gasteiger partial charge in [-0.2, -0.15) is 0 Å². The van der Waals surface area contributed by atoms with Crippen molar-refractivity contribution >= 4 is 33.7 Å². The van der Waals surface area contributed by atoms with E-state index in [1.807, 2.05) is 37.3 Å². The van der Waals surface area contributed by atoms with Gasteiger partial charge < -0.3 is 9.84 Å². The molecule has 0 unspecified atom stereocenters. The third-order valence-electron chi connectivity index (χ3n) is 3.24. The molecule has 0 bridgehead atoms. The highest BCUT2D eigenvalue weighted by atomic mass is 79.9. The number of rotatable bonds is 5. The molecule has 0 aliphatic rings. The second-order valence-electron chi connectivity index (χ2n) is 4.83. The summed E-state index contributed by atoms with van der Waals surface area (Å²) in [5.41, 5.74) is 1.86. The second-order valence-corrected chi connectivity index (χ2v) is 5.75. The maximum Gasteiger partial charge on any atom is 0.411 e. The number of hydrogen-bond donors (Lipinski definition) is 2. The zero-order valence-corrected chi connectivity index (χ0v) is 14.1. The number of ether oxygens (including phenoxy) is 1. The maximum absolute atomic E-state index is 12.0. The summed E-state index contributed by atoms with van der Waals surface area (Å²) >= 11 is 3.28. The van der Waals surface area contributed by atoms with Gasteiger partial charge in [-0.1, -0.05) is 53.2 Å². The molecular weight excluding hydrogens is 362 g/mol. The van der Waals surface area contributed by atoms with Crippen LogP contribution in [0.3, 0.4) is 0 Å². The number of aromatic carboxylic acids is 1. The minimum atomic E-state index is -1.11. The van der Waals surface area contributed by atoms with E-state index in [9.17, 15) is 14.7 Å². The van der Waals surface area contributed by atoms with Crippen LogP contribution in [0.15, 0.2) is 46.9 Å². The number of benzene rings is 2. The molecule has 120 valence electrons. The largest absolute Gasteiger partial charge is 0.478 e. The first-order chi connectivity index (χ1) is 11.0. The molecule has 23 heavy (non-hydrogen) atoms. The van der Waals surface area contributed by atoms with Gasteiger partial charge in [0.2, 0.25) is 0 Å². The Hall–Kier alpha value is -2.34. The van der Waals surface area contributed by atoms with Gasteiger partial charge in [0.15, 0.2) is 0 Å². The summed E-state index contributed by atoms with van der Waals surface area (Å²) in [6.07, 6.45) is -0.109. The molecule has 0 fully saturated rings. The highest BCUT2D eigenvalue weighted by molar-refractivity contribution is 9.10. The topological polar surface area (TPSA) is 75.6 Å². The van der Waals surface area contributed by atoms with E-state index in [-0.39, 0.29) is 17.9 Å². The first kappa shape index (κ1) is 17.0. The predicted octanol–water partition coefficient (Wildman–Crippen LogP) is 4.46. The number of carboxylic acids is 1. The number of nitrogens with one attached hydrogen (secondary N) is 1. The number of halogens is 1. The van der Waals surface area contributed by atoms with Crippen molar-refractivity contribution in [2.24, 2.45) is 0 Å². The van der Waals surface area contributed by atoms with Crippen molar-refractivity contribution in [2.75, 3.05) is 5.32 Å². The normalized spacial score (nSPS) is 10.2. The van der Waals surface area contributed by atoms with Gasteiger partial charge in [0.25, 0.3) is 0 Å². The fourth-order valence-corrected chi connectivity index (χ4v) is 2.62. The first-order valence-corrected chi connectivity index (χ1v) is 7.84. The van der Waals surface area contributed by atoms with Crippen LogP contribution in [0.5, 0.6) is 0 Å². The summed E-state index contributed by atoms with van der Waals surface area (Å²) < 4.78 is 5.79. The van der Waals surface area contributed by atoms with Crippen LogP contribution in [0.25, 0.3) is 0 Å². The Bertz CT molecular complexity index is 716. The second kappa shape index (κ2) is 7.78. The van der Waals surface area contributed by atoms with Gasteiger partial charge in [0.05, 0.1) is 11.3 Å². The minimum Gasteiger partial charge on any atom is -0.478 e. The van der Waals surface area contributed by atoms with E-state index in [2.05, 4.69) is 21.2 Å². The number of carbonyl (C=O) groups is 2. The van der Waals surface area contributed by atoms with Crippen molar-refractivity contribution in [3.05, 3.63) is 63.6 Å². The first-order valence-electron chi connectivity index (χ1n) is 7.04. The third kappa shape index (κ3) is 4.56. The average Bonchev–Trinajstić information content (AvgIpc) is 2.54. The van der Waals surface area contributed by atoms with Crippen LogP contribution in [-0.4, -0.2) is 17.2 Å². The van der Waals surface area contributed by atoms with Gasteiger partial charge in [0, 0.05) is 4.47 Å². The standard InChI is InChI=1S/C17H16BrNO4/c1-2-12-8-13(18)9-14(16(20)21)15(12)19-17(22)23-10-11-6-4-3-5-7-11/h3-9H,2,10H2,1H3,(H,19,22)(H,20,21). The number of anilines is 1. The zero-order valence-electron chi connectivity index (χ0n) is 12.5. The smallest absolute Gasteiger partial charge is 0.411 e. The van der Waals surface area contributed by atoms with Crippen molar-refractivity contribution in [1.82, 2.24) is 0 Å². The molecule has 2 N–H and O–H groups in total. The van der Waals surface area contributed by atoms with Gasteiger partial charge in [0.1, 0.15) is 6.61 Å². The number of amides is 1. The molecule has 2 aromatic rings. The molecule has 5 nitrogen and oxygen atoms in total. The van der Waals surface area contributed by atoms with Crippen LogP contribution in [0, 0.1) is 0 Å². The lowest BCUT2D eigenvalue weighted by Crippen LogP contribution is -2.17. The highest BCUT2D eigenvalue weighted by Gasteiger charge is 2.17. The molecule has 0 spiro atoms. The van der Waals surface area contributed by atoms with Crippen LogP contribution in [0.2, 0.25) is 0 Å². The van der Waals surface area contributed by atoms with Gasteiger partial charge in [-0.05, 0) is 29.7 Å². The maximum atomic E-state index is 12.0. The van der Waals surface area contributed by atoms with Crippen molar-refractivity contribution in [2.45, 2.75) is 20.0 Å². The van der Waals surface area contributed by atoms with Gasteiger partial charge in [-0.25, -0.2) is 9.59 Å². The number of carboxylic acid groups (broad SMARTS) is 1. The van der Waals surface area contributed by atoms with E-state index < -0.39 is 12.1 Å². The Kier molecular flexibility index (Phi) is 5.76. The highest BCUT2D eigenvalue weighted by Crippen LogP contribution is 2.27. The number of carbonyl (C=O) groups excluding carboxylic acids is 1. The monoisotopic (exact) mass is 377 g/mol. The Labute approximate surface area is 142 Å². The van der Waals surface area contributed by atoms with Crippen molar-refractivity contribution in [3.63, 3.8) is 0 Å². The van der Waals surface area contributed by atoms with E-state index in [1.165, 1.54) is 6.07 Å². The van der Waals surface area contributed by atoms with Crippen LogP contribution in [0.4, 0.5) is 10.5 Å². The van der Waals surface area contributed by atoms with E-state index in [4.69, 9.17) is 4.74 Å². The van der Waals surface area contributed by atoms with Gasteiger partial charge in [-0.3, -0.25) is 5.32 Å². The molecule has 2 aromatic carbocycles. The van der Waals surface area contributed by atoms with Gasteiger partial charge in [-0.15, -0.1) is 0 Å². The molecule has 0 radical (unpaired) electrons. The van der Waals surface area contributed by atoms with Crippen LogP contribution in [-0.2, 0) is 17.8 Å². The lowest BCUT2D eigenvalue weighted by Gasteiger charge is -2.14. The molecule has 0 atom stereocenters. The quantitative estimate of drug-likeness (QED) is 0.806. The van der Waals surface area contributed by atoms with Crippen LogP contribution in [0.1, 0.15) is 28.4 Å². The molecule has 0 aromatic heterocycles. The fraction of sp³-hybridized carbons (Fsp3) is 0.176. The summed E-state index contributed by atoms with van der Waals surface area (Å²) in [5.74, 6) is -1.11. The van der Waals surface area contributed by atoms with E-state index in [0.29, 0.717) is 16.5 Å². The summed E-state index contributed by atoms with van der Waals surface area (Å²) in [6.45, 7) is 2.00. The summed E-state index contributed by atoms with van der Waals surface area (Å²) in [6, 6.07) is 12.5. The average molecular weight is 378 g/mol. The Morgan fingerprint density at radius 1 is 1.22 bits per heavy atom. The van der Waals surface area contributed by atoms with Crippen molar-refractivity contribution in [3.8, 4) is 0 Å². The van der Waals surface area contributed by atoms with E-state index in [1.54, 1.807) is 6.07 Å². The van der Waals surface area contributed by atoms with E-state index >= 15 is 0 Å². The molecule has 0 aliphatic carbocycles. The summed E-state index contributed by atoms with van der Waals surface area (Å²) in [5, 5.41) is 11.9. The molecule has 0 aliphatic heterocycles. The SMILES string of the molecule is CCc1cc(Br)cc(C(=O)O)c1NC(=O)OCc1ccccc1. The molecule has 0 heterocycles. The lowest BCUT2D eigenvalue weighted by molar-refractivity contribution is 0.0698. The number of aryl methyl sites for hydroxylation is 1. The number of hydrogen-bond acceptors (Lipinski definition) is 3. The third-order valence-corrected chi connectivity index (χ3v) is 3.69. The van der Waals surface area contributed by atoms with Gasteiger partial charge >= 0.3 is 12.1 Å². The van der Waals surface area contributed by atoms with Crippen molar-refractivity contribution < 1.29 is 19.4 Å². The Morgan fingerprint density at radius 3 is 2.52 bits per heavy atom.